The lowest BCUT2D eigenvalue weighted by Crippen LogP contribution is -2.36. The number of hydrogen-bond acceptors (Lipinski definition) is 6. The number of nitrogens with two attached hydrogens (primary N) is 1. The molecule has 6 nitrogen and oxygen atoms in total. The van der Waals surface area contributed by atoms with Crippen LogP contribution in [0, 0.1) is 0 Å². The molecule has 0 bridgehead atoms. The highest BCUT2D eigenvalue weighted by atomic mass is 16.5. The minimum Gasteiger partial charge on any atom is -0.378 e. The molecule has 0 unspecified atom stereocenters. The van der Waals surface area contributed by atoms with E-state index in [2.05, 4.69) is 10.1 Å². The molecule has 0 aliphatic carbocycles. The second kappa shape index (κ2) is 8.36. The quantitative estimate of drug-likeness (QED) is 0.721. The van der Waals surface area contributed by atoms with Crippen molar-refractivity contribution in [2.45, 2.75) is 38.5 Å². The van der Waals surface area contributed by atoms with Crippen LogP contribution in [0.4, 0.5) is 0 Å². The van der Waals surface area contributed by atoms with Gasteiger partial charge in [-0.2, -0.15) is 0 Å². The van der Waals surface area contributed by atoms with Crippen LogP contribution in [0.25, 0.3) is 0 Å². The summed E-state index contributed by atoms with van der Waals surface area (Å²) < 4.78 is 16.0. The molecule has 2 N–H and O–H groups in total. The molecule has 0 amide bonds. The van der Waals surface area contributed by atoms with Crippen molar-refractivity contribution in [2.24, 2.45) is 5.73 Å². The molecule has 1 aromatic heterocycles. The van der Waals surface area contributed by atoms with Gasteiger partial charge in [-0.25, -0.2) is 0 Å². The summed E-state index contributed by atoms with van der Waals surface area (Å²) in [6, 6.07) is 1.97. The normalized spacial score (nSPS) is 17.7. The van der Waals surface area contributed by atoms with Crippen molar-refractivity contribution in [3.8, 4) is 0 Å². The van der Waals surface area contributed by atoms with Crippen LogP contribution in [-0.2, 0) is 22.6 Å². The predicted molar refractivity (Wildman–Crippen MR) is 75.1 cm³/mol. The number of nitrogens with zero attached hydrogens (tertiary/aromatic N) is 2. The van der Waals surface area contributed by atoms with Gasteiger partial charge in [0.05, 0.1) is 11.8 Å². The fraction of sp³-hybridized carbons (Fsp3) is 0.786. The minimum atomic E-state index is 0.388. The van der Waals surface area contributed by atoms with E-state index in [4.69, 9.17) is 19.7 Å². The van der Waals surface area contributed by atoms with E-state index in [-0.39, 0.29) is 0 Å². The summed E-state index contributed by atoms with van der Waals surface area (Å²) in [5, 5.41) is 4.07. The molecule has 20 heavy (non-hydrogen) atoms. The first kappa shape index (κ1) is 15.4. The van der Waals surface area contributed by atoms with E-state index in [9.17, 15) is 0 Å². The third-order valence-electron chi connectivity index (χ3n) is 3.52. The molecule has 0 saturated carbocycles. The largest absolute Gasteiger partial charge is 0.378 e. The highest BCUT2D eigenvalue weighted by Gasteiger charge is 2.20. The molecule has 1 aliphatic heterocycles. The van der Waals surface area contributed by atoms with Crippen LogP contribution in [0.2, 0.25) is 0 Å². The van der Waals surface area contributed by atoms with Gasteiger partial charge in [-0.3, -0.25) is 4.90 Å². The fourth-order valence-corrected chi connectivity index (χ4v) is 2.44. The van der Waals surface area contributed by atoms with E-state index in [1.165, 1.54) is 0 Å². The van der Waals surface area contributed by atoms with Gasteiger partial charge in [0.1, 0.15) is 6.61 Å². The summed E-state index contributed by atoms with van der Waals surface area (Å²) in [5.74, 6) is 0.780. The maximum atomic E-state index is 5.80. The smallest absolute Gasteiger partial charge is 0.162 e. The number of methoxy groups -OCH3 is 1. The summed E-state index contributed by atoms with van der Waals surface area (Å²) in [5.41, 5.74) is 6.43. The van der Waals surface area contributed by atoms with Crippen LogP contribution in [0.3, 0.4) is 0 Å². The monoisotopic (exact) mass is 283 g/mol. The predicted octanol–water partition coefficient (Wildman–Crippen LogP) is 1.15. The molecule has 0 atom stereocenters. The topological polar surface area (TPSA) is 73.8 Å². The molecule has 0 aromatic carbocycles. The Morgan fingerprint density at radius 3 is 2.95 bits per heavy atom. The van der Waals surface area contributed by atoms with E-state index in [0.717, 1.165) is 57.0 Å². The summed E-state index contributed by atoms with van der Waals surface area (Å²) in [6.45, 7) is 4.88. The van der Waals surface area contributed by atoms with Crippen LogP contribution in [0.5, 0.6) is 0 Å². The molecule has 6 heteroatoms. The zero-order valence-electron chi connectivity index (χ0n) is 12.2. The molecule has 1 aromatic rings. The molecule has 0 spiro atoms. The number of likely N-dealkylation sites (tertiary alicyclic amines) is 1. The third-order valence-corrected chi connectivity index (χ3v) is 3.52. The lowest BCUT2D eigenvalue weighted by atomic mass is 10.1. The van der Waals surface area contributed by atoms with Gasteiger partial charge in [-0.15, -0.1) is 0 Å². The van der Waals surface area contributed by atoms with E-state index < -0.39 is 0 Å². The Bertz CT molecular complexity index is 375. The molecule has 0 radical (unpaired) electrons. The minimum absolute atomic E-state index is 0.388. The highest BCUT2D eigenvalue weighted by molar-refractivity contribution is 5.04. The van der Waals surface area contributed by atoms with Gasteiger partial charge in [0.15, 0.2) is 5.76 Å². The first-order chi connectivity index (χ1) is 9.81. The molecular weight excluding hydrogens is 258 g/mol. The highest BCUT2D eigenvalue weighted by Crippen LogP contribution is 2.16. The number of hydrogen-bond donors (Lipinski definition) is 1. The Morgan fingerprint density at radius 2 is 2.25 bits per heavy atom. The Balaban J connectivity index is 1.68. The van der Waals surface area contributed by atoms with Gasteiger partial charge in [0.25, 0.3) is 0 Å². The Morgan fingerprint density at radius 1 is 1.45 bits per heavy atom. The molecule has 1 aliphatic rings. The van der Waals surface area contributed by atoms with Gasteiger partial charge >= 0.3 is 0 Å². The summed E-state index contributed by atoms with van der Waals surface area (Å²) in [6.07, 6.45) is 3.49. The van der Waals surface area contributed by atoms with Gasteiger partial charge < -0.3 is 19.7 Å². The van der Waals surface area contributed by atoms with Crippen molar-refractivity contribution in [2.75, 3.05) is 33.4 Å². The van der Waals surface area contributed by atoms with Crippen LogP contribution < -0.4 is 5.73 Å². The van der Waals surface area contributed by atoms with Crippen molar-refractivity contribution in [1.29, 1.82) is 0 Å². The second-order valence-corrected chi connectivity index (χ2v) is 5.21. The van der Waals surface area contributed by atoms with Crippen LogP contribution in [-0.4, -0.2) is 49.5 Å². The van der Waals surface area contributed by atoms with E-state index >= 15 is 0 Å². The van der Waals surface area contributed by atoms with E-state index in [0.29, 0.717) is 19.3 Å². The van der Waals surface area contributed by atoms with Crippen LogP contribution in [0.15, 0.2) is 10.6 Å². The van der Waals surface area contributed by atoms with Crippen LogP contribution >= 0.6 is 0 Å². The SMILES string of the molecule is COCc1cc(CN2CCC(OCCCN)CC2)no1. The fourth-order valence-electron chi connectivity index (χ4n) is 2.44. The summed E-state index contributed by atoms with van der Waals surface area (Å²) >= 11 is 0. The van der Waals surface area contributed by atoms with Gasteiger partial charge in [0.2, 0.25) is 0 Å². The van der Waals surface area contributed by atoms with Crippen molar-refractivity contribution in [1.82, 2.24) is 10.1 Å². The molecule has 1 saturated heterocycles. The molecule has 2 heterocycles. The average Bonchev–Trinajstić information content (AvgIpc) is 2.89. The number of rotatable bonds is 8. The van der Waals surface area contributed by atoms with Gasteiger partial charge in [-0.05, 0) is 25.8 Å². The Hall–Kier alpha value is -0.950. The summed E-state index contributed by atoms with van der Waals surface area (Å²) in [7, 11) is 1.65. The Kier molecular flexibility index (Phi) is 6.46. The first-order valence-corrected chi connectivity index (χ1v) is 7.29. The lowest BCUT2D eigenvalue weighted by Gasteiger charge is -2.31. The maximum absolute atomic E-state index is 5.80. The van der Waals surface area contributed by atoms with Gasteiger partial charge in [0, 0.05) is 39.4 Å². The second-order valence-electron chi connectivity index (χ2n) is 5.21. The van der Waals surface area contributed by atoms with Crippen molar-refractivity contribution in [3.63, 3.8) is 0 Å². The Labute approximate surface area is 120 Å². The van der Waals surface area contributed by atoms with Gasteiger partial charge in [-0.1, -0.05) is 5.16 Å². The molecule has 114 valence electrons. The number of aromatic nitrogens is 1. The van der Waals surface area contributed by atoms with E-state index in [1.54, 1.807) is 7.11 Å². The number of ether oxygens (including phenoxy) is 2. The average molecular weight is 283 g/mol. The third kappa shape index (κ3) is 4.86. The van der Waals surface area contributed by atoms with Crippen molar-refractivity contribution >= 4 is 0 Å². The number of piperidine rings is 1. The van der Waals surface area contributed by atoms with Crippen molar-refractivity contribution < 1.29 is 14.0 Å². The molecule has 1 fully saturated rings. The standard InChI is InChI=1S/C14H25N3O3/c1-18-11-14-9-12(16-20-14)10-17-6-3-13(4-7-17)19-8-2-5-15/h9,13H,2-8,10-11,15H2,1H3. The molecule has 2 rings (SSSR count). The lowest BCUT2D eigenvalue weighted by molar-refractivity contribution is 0.00525. The first-order valence-electron chi connectivity index (χ1n) is 7.29. The van der Waals surface area contributed by atoms with Crippen molar-refractivity contribution in [3.05, 3.63) is 17.5 Å². The maximum Gasteiger partial charge on any atom is 0.162 e. The molecular formula is C14H25N3O3. The summed E-state index contributed by atoms with van der Waals surface area (Å²) in [4.78, 5) is 2.39. The zero-order valence-corrected chi connectivity index (χ0v) is 12.2. The van der Waals surface area contributed by atoms with E-state index in [1.807, 2.05) is 6.07 Å². The van der Waals surface area contributed by atoms with Crippen LogP contribution in [0.1, 0.15) is 30.7 Å². The zero-order chi connectivity index (χ0) is 14.2.